The lowest BCUT2D eigenvalue weighted by atomic mass is 10.3. The molecule has 106 valence electrons. The van der Waals surface area contributed by atoms with Gasteiger partial charge in [0, 0.05) is 20.1 Å². The lowest BCUT2D eigenvalue weighted by Gasteiger charge is -2.22. The molecule has 0 bridgehead atoms. The van der Waals surface area contributed by atoms with Crippen LogP contribution in [0, 0.1) is 11.3 Å². The maximum Gasteiger partial charge on any atom is 0.178 e. The number of thiophene rings is 1. The Kier molecular flexibility index (Phi) is 5.45. The van der Waals surface area contributed by atoms with Crippen LogP contribution in [0.3, 0.4) is 0 Å². The predicted octanol–water partition coefficient (Wildman–Crippen LogP) is 1.99. The lowest BCUT2D eigenvalue weighted by Crippen LogP contribution is -2.28. The van der Waals surface area contributed by atoms with Crippen molar-refractivity contribution in [3.8, 4) is 11.8 Å². The highest BCUT2D eigenvalue weighted by atomic mass is 32.1. The van der Waals surface area contributed by atoms with Crippen molar-refractivity contribution in [2.45, 2.75) is 20.0 Å². The van der Waals surface area contributed by atoms with Crippen molar-refractivity contribution in [3.05, 3.63) is 4.88 Å². The van der Waals surface area contributed by atoms with Crippen LogP contribution in [0.2, 0.25) is 0 Å². The molecule has 1 heterocycles. The van der Waals surface area contributed by atoms with Gasteiger partial charge in [-0.2, -0.15) is 5.26 Å². The minimum atomic E-state index is 0.0319. The standard InChI is InChI=1S/C13H22N4OS/c1-9(2)18-12-11(15)10(8-14)19-13(12)17(5)7-6-16(3)4/h9H,6-7,15H2,1-5H3. The summed E-state index contributed by atoms with van der Waals surface area (Å²) < 4.78 is 5.77. The highest BCUT2D eigenvalue weighted by molar-refractivity contribution is 7.17. The van der Waals surface area contributed by atoms with Crippen molar-refractivity contribution in [2.24, 2.45) is 0 Å². The maximum absolute atomic E-state index is 9.09. The molecule has 2 N–H and O–H groups in total. The number of anilines is 2. The zero-order valence-corrected chi connectivity index (χ0v) is 13.0. The summed E-state index contributed by atoms with van der Waals surface area (Å²) in [6, 6.07) is 2.13. The summed E-state index contributed by atoms with van der Waals surface area (Å²) >= 11 is 1.38. The number of ether oxygens (including phenoxy) is 1. The first-order valence-electron chi connectivity index (χ1n) is 6.21. The smallest absolute Gasteiger partial charge is 0.178 e. The van der Waals surface area contributed by atoms with Gasteiger partial charge in [0.25, 0.3) is 0 Å². The first-order valence-corrected chi connectivity index (χ1v) is 7.03. The summed E-state index contributed by atoms with van der Waals surface area (Å²) in [6.45, 7) is 5.68. The second-order valence-electron chi connectivity index (χ2n) is 4.98. The van der Waals surface area contributed by atoms with Crippen LogP contribution in [-0.2, 0) is 0 Å². The van der Waals surface area contributed by atoms with Crippen LogP contribution < -0.4 is 15.4 Å². The van der Waals surface area contributed by atoms with Gasteiger partial charge in [0.2, 0.25) is 0 Å². The largest absolute Gasteiger partial charge is 0.486 e. The fourth-order valence-electron chi connectivity index (χ4n) is 1.55. The molecule has 1 rings (SSSR count). The molecule has 0 spiro atoms. The second-order valence-corrected chi connectivity index (χ2v) is 5.98. The van der Waals surface area contributed by atoms with Gasteiger partial charge in [-0.1, -0.05) is 0 Å². The molecule has 19 heavy (non-hydrogen) atoms. The first-order chi connectivity index (χ1) is 8.86. The number of hydrogen-bond donors (Lipinski definition) is 1. The molecule has 5 nitrogen and oxygen atoms in total. The van der Waals surface area contributed by atoms with Crippen molar-refractivity contribution in [3.63, 3.8) is 0 Å². The Morgan fingerprint density at radius 2 is 1.95 bits per heavy atom. The average Bonchev–Trinajstić information content (AvgIpc) is 2.63. The quantitative estimate of drug-likeness (QED) is 0.864. The van der Waals surface area contributed by atoms with Crippen LogP contribution in [0.25, 0.3) is 0 Å². The highest BCUT2D eigenvalue weighted by Crippen LogP contribution is 2.44. The van der Waals surface area contributed by atoms with Crippen molar-refractivity contribution in [1.29, 1.82) is 5.26 Å². The van der Waals surface area contributed by atoms with Crippen LogP contribution in [0.5, 0.6) is 5.75 Å². The van der Waals surface area contributed by atoms with Crippen LogP contribution in [-0.4, -0.2) is 45.2 Å². The molecule has 0 saturated heterocycles. The van der Waals surface area contributed by atoms with Gasteiger partial charge in [-0.15, -0.1) is 11.3 Å². The van der Waals surface area contributed by atoms with Gasteiger partial charge in [0.1, 0.15) is 21.6 Å². The van der Waals surface area contributed by atoms with Gasteiger partial charge in [-0.05, 0) is 27.9 Å². The fraction of sp³-hybridized carbons (Fsp3) is 0.615. The first kappa shape index (κ1) is 15.6. The SMILES string of the molecule is CC(C)Oc1c(N(C)CCN(C)C)sc(C#N)c1N. The van der Waals surface area contributed by atoms with E-state index in [4.69, 9.17) is 15.7 Å². The zero-order valence-electron chi connectivity index (χ0n) is 12.2. The van der Waals surface area contributed by atoms with Crippen molar-refractivity contribution in [2.75, 3.05) is 44.9 Å². The molecule has 0 aliphatic carbocycles. The van der Waals surface area contributed by atoms with Gasteiger partial charge in [0.15, 0.2) is 5.75 Å². The molecule has 0 aliphatic heterocycles. The van der Waals surface area contributed by atoms with Gasteiger partial charge in [-0.3, -0.25) is 0 Å². The number of hydrogen-bond acceptors (Lipinski definition) is 6. The van der Waals surface area contributed by atoms with Gasteiger partial charge >= 0.3 is 0 Å². The van der Waals surface area contributed by atoms with E-state index in [1.165, 1.54) is 11.3 Å². The van der Waals surface area contributed by atoms with E-state index in [1.807, 2.05) is 35.0 Å². The Bertz CT molecular complexity index is 462. The van der Waals surface area contributed by atoms with Gasteiger partial charge in [-0.25, -0.2) is 0 Å². The molecule has 1 aromatic heterocycles. The van der Waals surface area contributed by atoms with E-state index in [2.05, 4.69) is 15.9 Å². The zero-order chi connectivity index (χ0) is 14.6. The molecular weight excluding hydrogens is 260 g/mol. The summed E-state index contributed by atoms with van der Waals surface area (Å²) in [5, 5.41) is 10.0. The third-order valence-corrected chi connectivity index (χ3v) is 3.77. The van der Waals surface area contributed by atoms with Crippen LogP contribution >= 0.6 is 11.3 Å². The van der Waals surface area contributed by atoms with E-state index in [0.29, 0.717) is 16.3 Å². The van der Waals surface area contributed by atoms with E-state index in [-0.39, 0.29) is 6.10 Å². The summed E-state index contributed by atoms with van der Waals surface area (Å²) in [5.41, 5.74) is 6.43. The molecule has 0 aromatic carbocycles. The Balaban J connectivity index is 3.01. The summed E-state index contributed by atoms with van der Waals surface area (Å²) in [6.07, 6.45) is 0.0319. The van der Waals surface area contributed by atoms with Gasteiger partial charge < -0.3 is 20.3 Å². The Labute approximate surface area is 119 Å². The van der Waals surface area contributed by atoms with Crippen molar-refractivity contribution in [1.82, 2.24) is 4.90 Å². The molecule has 1 aromatic rings. The Morgan fingerprint density at radius 1 is 1.32 bits per heavy atom. The number of nitrogen functional groups attached to an aromatic ring is 1. The van der Waals surface area contributed by atoms with E-state index >= 15 is 0 Å². The number of rotatable bonds is 6. The minimum Gasteiger partial charge on any atom is -0.486 e. The average molecular weight is 282 g/mol. The predicted molar refractivity (Wildman–Crippen MR) is 81.0 cm³/mol. The summed E-state index contributed by atoms with van der Waals surface area (Å²) in [7, 11) is 6.05. The molecular formula is C13H22N4OS. The number of nitriles is 1. The Morgan fingerprint density at radius 3 is 2.42 bits per heavy atom. The number of likely N-dealkylation sites (N-methyl/N-ethyl adjacent to an activating group) is 2. The molecule has 0 aliphatic rings. The van der Waals surface area contributed by atoms with E-state index in [1.54, 1.807) is 0 Å². The van der Waals surface area contributed by atoms with Crippen molar-refractivity contribution >= 4 is 22.0 Å². The minimum absolute atomic E-state index is 0.0319. The fourth-order valence-corrected chi connectivity index (χ4v) is 2.49. The third-order valence-electron chi connectivity index (χ3n) is 2.57. The molecule has 0 unspecified atom stereocenters. The second kappa shape index (κ2) is 6.64. The lowest BCUT2D eigenvalue weighted by molar-refractivity contribution is 0.245. The Hall–Kier alpha value is -1.45. The molecule has 6 heteroatoms. The summed E-state index contributed by atoms with van der Waals surface area (Å²) in [5.74, 6) is 0.637. The van der Waals surface area contributed by atoms with E-state index in [0.717, 1.165) is 18.1 Å². The van der Waals surface area contributed by atoms with Crippen molar-refractivity contribution < 1.29 is 4.74 Å². The molecule has 0 fully saturated rings. The van der Waals surface area contributed by atoms with Crippen LogP contribution in [0.4, 0.5) is 10.7 Å². The molecule has 0 radical (unpaired) electrons. The monoisotopic (exact) mass is 282 g/mol. The van der Waals surface area contributed by atoms with E-state index in [9.17, 15) is 0 Å². The van der Waals surface area contributed by atoms with E-state index < -0.39 is 0 Å². The topological polar surface area (TPSA) is 65.5 Å². The maximum atomic E-state index is 9.09. The number of nitrogens with two attached hydrogens (primary N) is 1. The van der Waals surface area contributed by atoms with Crippen LogP contribution in [0.15, 0.2) is 0 Å². The summed E-state index contributed by atoms with van der Waals surface area (Å²) in [4.78, 5) is 4.71. The molecule has 0 amide bonds. The number of nitrogens with zero attached hydrogens (tertiary/aromatic N) is 3. The third kappa shape index (κ3) is 4.01. The molecule has 0 saturated carbocycles. The normalized spacial score (nSPS) is 10.8. The molecule has 0 atom stereocenters. The van der Waals surface area contributed by atoms with Crippen LogP contribution in [0.1, 0.15) is 18.7 Å². The van der Waals surface area contributed by atoms with Gasteiger partial charge in [0.05, 0.1) is 6.10 Å². The highest BCUT2D eigenvalue weighted by Gasteiger charge is 2.21.